The molecule has 0 aromatic heterocycles. The third kappa shape index (κ3) is 4.46. The summed E-state index contributed by atoms with van der Waals surface area (Å²) in [4.78, 5) is 12.0. The predicted octanol–water partition coefficient (Wildman–Crippen LogP) is 3.63. The second-order valence-corrected chi connectivity index (χ2v) is 5.93. The highest BCUT2D eigenvalue weighted by atomic mass is 16.5. The van der Waals surface area contributed by atoms with Crippen LogP contribution in [0.2, 0.25) is 0 Å². The normalized spacial score (nSPS) is 16.2. The summed E-state index contributed by atoms with van der Waals surface area (Å²) in [6, 6.07) is 5.38. The summed E-state index contributed by atoms with van der Waals surface area (Å²) in [6.45, 7) is 7.82. The molecule has 1 aromatic rings. The van der Waals surface area contributed by atoms with Crippen LogP contribution in [0.5, 0.6) is 11.5 Å². The molecule has 0 aliphatic carbocycles. The van der Waals surface area contributed by atoms with Crippen LogP contribution >= 0.6 is 0 Å². The van der Waals surface area contributed by atoms with Crippen LogP contribution in [0.15, 0.2) is 18.2 Å². The van der Waals surface area contributed by atoms with Crippen LogP contribution in [0.25, 0.3) is 0 Å². The van der Waals surface area contributed by atoms with E-state index < -0.39 is 5.60 Å². The summed E-state index contributed by atoms with van der Waals surface area (Å²) < 4.78 is 16.9. The molecule has 1 aliphatic heterocycles. The van der Waals surface area contributed by atoms with Crippen LogP contribution in [-0.4, -0.2) is 31.2 Å². The van der Waals surface area contributed by atoms with E-state index in [1.807, 2.05) is 19.9 Å². The molecule has 0 amide bonds. The molecule has 1 aliphatic rings. The number of carbonyl (C=O) groups excluding carboxylic acids is 1. The number of fused-ring (bicyclic) bond motifs is 1. The van der Waals surface area contributed by atoms with E-state index in [0.29, 0.717) is 36.7 Å². The molecule has 0 saturated heterocycles. The van der Waals surface area contributed by atoms with Gasteiger partial charge in [-0.3, -0.25) is 4.79 Å². The maximum Gasteiger partial charge on any atom is 0.170 e. The number of hydrogen-bond acceptors (Lipinski definition) is 4. The summed E-state index contributed by atoms with van der Waals surface area (Å²) in [7, 11) is 0. The van der Waals surface area contributed by atoms with Crippen molar-refractivity contribution in [1.29, 1.82) is 0 Å². The molecular formula is C17H24O4. The monoisotopic (exact) mass is 292 g/mol. The number of carbonyl (C=O) groups is 1. The fraction of sp³-hybridized carbons (Fsp3) is 0.588. The molecular weight excluding hydrogens is 268 g/mol. The Labute approximate surface area is 126 Å². The van der Waals surface area contributed by atoms with Gasteiger partial charge in [0.15, 0.2) is 5.78 Å². The minimum atomic E-state index is -0.452. The molecule has 21 heavy (non-hydrogen) atoms. The Hall–Kier alpha value is -1.55. The zero-order valence-electron chi connectivity index (χ0n) is 13.1. The lowest BCUT2D eigenvalue weighted by Gasteiger charge is -2.31. The smallest absolute Gasteiger partial charge is 0.170 e. The topological polar surface area (TPSA) is 44.8 Å². The van der Waals surface area contributed by atoms with Gasteiger partial charge in [0.1, 0.15) is 23.7 Å². The Morgan fingerprint density at radius 3 is 2.81 bits per heavy atom. The zero-order valence-corrected chi connectivity index (χ0v) is 13.1. The molecule has 0 saturated carbocycles. The van der Waals surface area contributed by atoms with Crippen LogP contribution in [0.3, 0.4) is 0 Å². The number of hydrogen-bond donors (Lipinski definition) is 0. The van der Waals surface area contributed by atoms with Crippen LogP contribution < -0.4 is 9.47 Å². The quantitative estimate of drug-likeness (QED) is 0.720. The number of ether oxygens (including phenoxy) is 3. The lowest BCUT2D eigenvalue weighted by Crippen LogP contribution is -2.35. The van der Waals surface area contributed by atoms with Gasteiger partial charge in [-0.05, 0) is 32.4 Å². The molecule has 1 aromatic carbocycles. The highest BCUT2D eigenvalue weighted by Crippen LogP contribution is 2.35. The van der Waals surface area contributed by atoms with E-state index in [0.717, 1.165) is 19.4 Å². The number of Topliss-reactive ketones (excluding diaryl/α,β-unsaturated/α-hetero) is 1. The average molecular weight is 292 g/mol. The van der Waals surface area contributed by atoms with E-state index in [4.69, 9.17) is 14.2 Å². The predicted molar refractivity (Wildman–Crippen MR) is 81.3 cm³/mol. The van der Waals surface area contributed by atoms with Gasteiger partial charge >= 0.3 is 0 Å². The van der Waals surface area contributed by atoms with Crippen LogP contribution in [0.4, 0.5) is 0 Å². The maximum absolute atomic E-state index is 12.0. The first kappa shape index (κ1) is 15.8. The SMILES string of the molecule is CCCCOCCOc1ccc2c(c1)OC(C)(C)CC2=O. The van der Waals surface area contributed by atoms with Crippen molar-refractivity contribution < 1.29 is 19.0 Å². The van der Waals surface area contributed by atoms with Gasteiger partial charge in [-0.25, -0.2) is 0 Å². The molecule has 0 spiro atoms. The Kier molecular flexibility index (Phi) is 5.23. The van der Waals surface area contributed by atoms with Gasteiger partial charge in [-0.15, -0.1) is 0 Å². The molecule has 0 atom stereocenters. The van der Waals surface area contributed by atoms with E-state index in [1.54, 1.807) is 12.1 Å². The molecule has 0 N–H and O–H groups in total. The first-order valence-corrected chi connectivity index (χ1v) is 7.58. The average Bonchev–Trinajstić information content (AvgIpc) is 2.41. The van der Waals surface area contributed by atoms with Gasteiger partial charge < -0.3 is 14.2 Å². The molecule has 1 heterocycles. The van der Waals surface area contributed by atoms with Gasteiger partial charge in [0.25, 0.3) is 0 Å². The van der Waals surface area contributed by atoms with Crippen molar-refractivity contribution in [2.75, 3.05) is 19.8 Å². The van der Waals surface area contributed by atoms with Crippen molar-refractivity contribution >= 4 is 5.78 Å². The van der Waals surface area contributed by atoms with E-state index >= 15 is 0 Å². The highest BCUT2D eigenvalue weighted by Gasteiger charge is 2.32. The van der Waals surface area contributed by atoms with Crippen molar-refractivity contribution in [3.63, 3.8) is 0 Å². The van der Waals surface area contributed by atoms with Crippen molar-refractivity contribution in [2.45, 2.75) is 45.6 Å². The van der Waals surface area contributed by atoms with Crippen LogP contribution in [0.1, 0.15) is 50.4 Å². The maximum atomic E-state index is 12.0. The van der Waals surface area contributed by atoms with Gasteiger partial charge in [0.05, 0.1) is 18.6 Å². The second-order valence-electron chi connectivity index (χ2n) is 5.93. The van der Waals surface area contributed by atoms with Crippen LogP contribution in [-0.2, 0) is 4.74 Å². The lowest BCUT2D eigenvalue weighted by atomic mass is 9.93. The Morgan fingerprint density at radius 2 is 2.05 bits per heavy atom. The molecule has 0 unspecified atom stereocenters. The largest absolute Gasteiger partial charge is 0.491 e. The fourth-order valence-corrected chi connectivity index (χ4v) is 2.29. The molecule has 0 bridgehead atoms. The van der Waals surface area contributed by atoms with Gasteiger partial charge in [-0.1, -0.05) is 13.3 Å². The van der Waals surface area contributed by atoms with Crippen molar-refractivity contribution in [3.05, 3.63) is 23.8 Å². The first-order valence-electron chi connectivity index (χ1n) is 7.58. The summed E-state index contributed by atoms with van der Waals surface area (Å²) in [5.41, 5.74) is 0.187. The second kappa shape index (κ2) is 6.94. The van der Waals surface area contributed by atoms with Gasteiger partial charge in [-0.2, -0.15) is 0 Å². The Bertz CT molecular complexity index is 494. The van der Waals surface area contributed by atoms with E-state index in [2.05, 4.69) is 6.92 Å². The molecule has 4 heteroatoms. The molecule has 2 rings (SSSR count). The minimum absolute atomic E-state index is 0.121. The summed E-state index contributed by atoms with van der Waals surface area (Å²) in [6.07, 6.45) is 2.61. The Morgan fingerprint density at radius 1 is 1.24 bits per heavy atom. The van der Waals surface area contributed by atoms with Crippen LogP contribution in [0, 0.1) is 0 Å². The third-order valence-electron chi connectivity index (χ3n) is 3.36. The summed E-state index contributed by atoms with van der Waals surface area (Å²) >= 11 is 0. The van der Waals surface area contributed by atoms with Crippen molar-refractivity contribution in [1.82, 2.24) is 0 Å². The Balaban J connectivity index is 1.90. The van der Waals surface area contributed by atoms with E-state index in [-0.39, 0.29) is 5.78 Å². The number of ketones is 1. The van der Waals surface area contributed by atoms with E-state index in [9.17, 15) is 4.79 Å². The standard InChI is InChI=1S/C17H24O4/c1-4-5-8-19-9-10-20-13-6-7-14-15(18)12-17(2,3)21-16(14)11-13/h6-7,11H,4-5,8-10,12H2,1-3H3. The summed E-state index contributed by atoms with van der Waals surface area (Å²) in [5, 5.41) is 0. The lowest BCUT2D eigenvalue weighted by molar-refractivity contribution is 0.0616. The number of benzene rings is 1. The molecule has 0 radical (unpaired) electrons. The summed E-state index contributed by atoms with van der Waals surface area (Å²) in [5.74, 6) is 1.44. The molecule has 0 fully saturated rings. The minimum Gasteiger partial charge on any atom is -0.491 e. The van der Waals surface area contributed by atoms with Gasteiger partial charge in [0, 0.05) is 12.7 Å². The number of unbranched alkanes of at least 4 members (excludes halogenated alkanes) is 1. The van der Waals surface area contributed by atoms with Gasteiger partial charge in [0.2, 0.25) is 0 Å². The number of rotatable bonds is 7. The van der Waals surface area contributed by atoms with Crippen molar-refractivity contribution in [2.24, 2.45) is 0 Å². The van der Waals surface area contributed by atoms with E-state index in [1.165, 1.54) is 0 Å². The zero-order chi connectivity index (χ0) is 15.3. The third-order valence-corrected chi connectivity index (χ3v) is 3.36. The molecule has 4 nitrogen and oxygen atoms in total. The fourth-order valence-electron chi connectivity index (χ4n) is 2.29. The molecule has 116 valence electrons. The first-order chi connectivity index (χ1) is 10.0. The van der Waals surface area contributed by atoms with Crippen molar-refractivity contribution in [3.8, 4) is 11.5 Å². The highest BCUT2D eigenvalue weighted by molar-refractivity contribution is 6.00.